The van der Waals surface area contributed by atoms with Crippen LogP contribution in [-0.2, 0) is 19.6 Å². The Morgan fingerprint density at radius 1 is 1.11 bits per heavy atom. The summed E-state index contributed by atoms with van der Waals surface area (Å²) in [6.45, 7) is -0.662. The lowest BCUT2D eigenvalue weighted by Crippen LogP contribution is -2.36. The lowest BCUT2D eigenvalue weighted by atomic mass is 10.2. The zero-order chi connectivity index (χ0) is 20.9. The van der Waals surface area contributed by atoms with Gasteiger partial charge in [0.05, 0.1) is 36.8 Å². The zero-order valence-corrected chi connectivity index (χ0v) is 16.1. The van der Waals surface area contributed by atoms with E-state index in [2.05, 4.69) is 4.74 Å². The first kappa shape index (κ1) is 21.0. The molecule has 0 atom stereocenters. The van der Waals surface area contributed by atoms with Crippen LogP contribution in [0.5, 0.6) is 11.5 Å². The van der Waals surface area contributed by atoms with Crippen LogP contribution in [0.15, 0.2) is 47.4 Å². The van der Waals surface area contributed by atoms with E-state index in [1.165, 1.54) is 44.6 Å². The second kappa shape index (κ2) is 8.57. The minimum atomic E-state index is -4.36. The van der Waals surface area contributed by atoms with Gasteiger partial charge in [0.25, 0.3) is 15.7 Å². The van der Waals surface area contributed by atoms with Crippen LogP contribution in [0.25, 0.3) is 0 Å². The number of nitro groups is 1. The van der Waals surface area contributed by atoms with Crippen molar-refractivity contribution in [2.75, 3.05) is 32.2 Å². The number of carbonyl (C=O) groups is 1. The van der Waals surface area contributed by atoms with Gasteiger partial charge in [0, 0.05) is 18.2 Å². The van der Waals surface area contributed by atoms with Gasteiger partial charge in [-0.3, -0.25) is 19.2 Å². The van der Waals surface area contributed by atoms with E-state index >= 15 is 0 Å². The first-order valence-electron chi connectivity index (χ1n) is 7.80. The molecule has 0 bridgehead atoms. The number of benzene rings is 2. The summed E-state index contributed by atoms with van der Waals surface area (Å²) in [6, 6.07) is 8.85. The Balaban J connectivity index is 2.65. The number of esters is 1. The smallest absolute Gasteiger partial charge is 0.326 e. The Bertz CT molecular complexity index is 990. The topological polar surface area (TPSA) is 125 Å². The highest BCUT2D eigenvalue weighted by Gasteiger charge is 2.31. The monoisotopic (exact) mass is 410 g/mol. The van der Waals surface area contributed by atoms with Crippen LogP contribution in [0.2, 0.25) is 0 Å². The summed E-state index contributed by atoms with van der Waals surface area (Å²) in [5, 5.41) is 11.0. The number of carbonyl (C=O) groups excluding carboxylic acids is 1. The average Bonchev–Trinajstić information content (AvgIpc) is 2.71. The molecule has 2 rings (SSSR count). The lowest BCUT2D eigenvalue weighted by molar-refractivity contribution is -0.385. The molecule has 0 fully saturated rings. The molecule has 28 heavy (non-hydrogen) atoms. The predicted octanol–water partition coefficient (Wildman–Crippen LogP) is 1.98. The molecule has 2 aromatic carbocycles. The molecule has 0 aliphatic carbocycles. The molecule has 0 amide bonds. The molecule has 150 valence electrons. The number of anilines is 1. The van der Waals surface area contributed by atoms with E-state index in [1.54, 1.807) is 0 Å². The highest BCUT2D eigenvalue weighted by Crippen LogP contribution is 2.35. The van der Waals surface area contributed by atoms with Crippen molar-refractivity contribution in [3.63, 3.8) is 0 Å². The highest BCUT2D eigenvalue weighted by atomic mass is 32.2. The summed E-state index contributed by atoms with van der Waals surface area (Å²) in [6.07, 6.45) is 0. The van der Waals surface area contributed by atoms with Gasteiger partial charge in [-0.2, -0.15) is 0 Å². The molecule has 0 spiro atoms. The number of nitrogens with zero attached hydrogens (tertiary/aromatic N) is 2. The van der Waals surface area contributed by atoms with Crippen LogP contribution in [0.1, 0.15) is 0 Å². The van der Waals surface area contributed by atoms with E-state index in [0.29, 0.717) is 5.75 Å². The molecule has 0 heterocycles. The molecule has 10 nitrogen and oxygen atoms in total. The number of hydrogen-bond donors (Lipinski definition) is 0. The Hall–Kier alpha value is -3.34. The molecule has 0 radical (unpaired) electrons. The van der Waals surface area contributed by atoms with Crippen molar-refractivity contribution in [3.05, 3.63) is 52.6 Å². The van der Waals surface area contributed by atoms with Gasteiger partial charge in [-0.25, -0.2) is 8.42 Å². The van der Waals surface area contributed by atoms with Crippen LogP contribution < -0.4 is 13.8 Å². The molecule has 2 aromatic rings. The largest absolute Gasteiger partial charge is 0.497 e. The van der Waals surface area contributed by atoms with Crippen molar-refractivity contribution >= 4 is 27.4 Å². The third-order valence-corrected chi connectivity index (χ3v) is 5.53. The molecular formula is C17H18N2O8S. The maximum absolute atomic E-state index is 13.2. The number of ether oxygens (including phenoxy) is 3. The fourth-order valence-corrected chi connectivity index (χ4v) is 3.82. The molecule has 0 aliphatic rings. The number of non-ortho nitro benzene ring substituents is 1. The van der Waals surface area contributed by atoms with Gasteiger partial charge in [-0.1, -0.05) is 6.07 Å². The van der Waals surface area contributed by atoms with Gasteiger partial charge in [0.2, 0.25) is 0 Å². The second-order valence-electron chi connectivity index (χ2n) is 5.38. The summed E-state index contributed by atoms with van der Waals surface area (Å²) in [7, 11) is -0.484. The van der Waals surface area contributed by atoms with E-state index in [9.17, 15) is 23.3 Å². The van der Waals surface area contributed by atoms with Gasteiger partial charge in [0.1, 0.15) is 18.0 Å². The van der Waals surface area contributed by atoms with E-state index < -0.39 is 33.1 Å². The summed E-state index contributed by atoms with van der Waals surface area (Å²) < 4.78 is 42.1. The van der Waals surface area contributed by atoms with Crippen molar-refractivity contribution in [1.82, 2.24) is 0 Å². The molecule has 0 saturated heterocycles. The molecule has 0 aromatic heterocycles. The highest BCUT2D eigenvalue weighted by molar-refractivity contribution is 7.92. The SMILES string of the molecule is COC(=O)CN(c1ccc(OC)cc1OC)S(=O)(=O)c1cccc([N+](=O)[O-])c1. The minimum Gasteiger partial charge on any atom is -0.497 e. The van der Waals surface area contributed by atoms with Crippen LogP contribution in [0, 0.1) is 10.1 Å². The van der Waals surface area contributed by atoms with Gasteiger partial charge in [-0.15, -0.1) is 0 Å². The standard InChI is InChI=1S/C17H18N2O8S/c1-25-13-7-8-15(16(10-13)26-2)18(11-17(20)27-3)28(23,24)14-6-4-5-12(9-14)19(21)22/h4-10H,11H2,1-3H3. The van der Waals surface area contributed by atoms with E-state index in [-0.39, 0.29) is 16.3 Å². The maximum atomic E-state index is 13.2. The van der Waals surface area contributed by atoms with Crippen molar-refractivity contribution in [2.45, 2.75) is 4.90 Å². The summed E-state index contributed by atoms with van der Waals surface area (Å²) in [5.74, 6) is -0.296. The Labute approximate surface area is 161 Å². The van der Waals surface area contributed by atoms with E-state index in [1.807, 2.05) is 0 Å². The summed E-state index contributed by atoms with van der Waals surface area (Å²) >= 11 is 0. The van der Waals surface area contributed by atoms with Crippen molar-refractivity contribution in [3.8, 4) is 11.5 Å². The number of nitro benzene ring substituents is 1. The molecule has 0 unspecified atom stereocenters. The summed E-state index contributed by atoms with van der Waals surface area (Å²) in [5.41, 5.74) is -0.360. The van der Waals surface area contributed by atoms with Crippen molar-refractivity contribution in [2.24, 2.45) is 0 Å². The fourth-order valence-electron chi connectivity index (χ4n) is 2.36. The Morgan fingerprint density at radius 3 is 2.39 bits per heavy atom. The number of rotatable bonds is 8. The van der Waals surface area contributed by atoms with Crippen LogP contribution in [0.4, 0.5) is 11.4 Å². The minimum absolute atomic E-state index is 0.0419. The van der Waals surface area contributed by atoms with Crippen molar-refractivity contribution in [1.29, 1.82) is 0 Å². The third kappa shape index (κ3) is 4.31. The zero-order valence-electron chi connectivity index (χ0n) is 15.3. The van der Waals surface area contributed by atoms with Gasteiger partial charge < -0.3 is 14.2 Å². The van der Waals surface area contributed by atoms with Crippen molar-refractivity contribution < 1.29 is 32.3 Å². The molecule has 0 aliphatic heterocycles. The first-order valence-corrected chi connectivity index (χ1v) is 9.24. The van der Waals surface area contributed by atoms with Crippen LogP contribution in [-0.4, -0.2) is 47.2 Å². The number of sulfonamides is 1. The Kier molecular flexibility index (Phi) is 6.41. The van der Waals surface area contributed by atoms with Gasteiger partial charge >= 0.3 is 5.97 Å². The summed E-state index contributed by atoms with van der Waals surface area (Å²) in [4.78, 5) is 21.8. The average molecular weight is 410 g/mol. The predicted molar refractivity (Wildman–Crippen MR) is 99.2 cm³/mol. The Morgan fingerprint density at radius 2 is 1.82 bits per heavy atom. The second-order valence-corrected chi connectivity index (χ2v) is 7.24. The lowest BCUT2D eigenvalue weighted by Gasteiger charge is -2.25. The number of hydrogen-bond acceptors (Lipinski definition) is 8. The van der Waals surface area contributed by atoms with Crippen LogP contribution >= 0.6 is 0 Å². The number of methoxy groups -OCH3 is 3. The maximum Gasteiger partial charge on any atom is 0.326 e. The quantitative estimate of drug-likeness (QED) is 0.367. The van der Waals surface area contributed by atoms with E-state index in [0.717, 1.165) is 23.5 Å². The van der Waals surface area contributed by atoms with Gasteiger partial charge in [0.15, 0.2) is 0 Å². The van der Waals surface area contributed by atoms with Crippen LogP contribution in [0.3, 0.4) is 0 Å². The fraction of sp³-hybridized carbons (Fsp3) is 0.235. The first-order chi connectivity index (χ1) is 13.2. The molecule has 11 heteroatoms. The normalized spacial score (nSPS) is 10.8. The molecule has 0 saturated carbocycles. The van der Waals surface area contributed by atoms with Gasteiger partial charge in [-0.05, 0) is 18.2 Å². The molecule has 0 N–H and O–H groups in total. The van der Waals surface area contributed by atoms with E-state index in [4.69, 9.17) is 9.47 Å². The third-order valence-electron chi connectivity index (χ3n) is 3.77. The molecular weight excluding hydrogens is 392 g/mol.